The highest BCUT2D eigenvalue weighted by Gasteiger charge is 2.26. The van der Waals surface area contributed by atoms with Gasteiger partial charge in [0.05, 0.1) is 11.8 Å². The van der Waals surface area contributed by atoms with Gasteiger partial charge < -0.3 is 14.4 Å². The second-order valence-corrected chi connectivity index (χ2v) is 3.88. The van der Waals surface area contributed by atoms with Crippen LogP contribution in [0, 0.1) is 0 Å². The Kier molecular flexibility index (Phi) is 2.70. The van der Waals surface area contributed by atoms with Gasteiger partial charge in [-0.25, -0.2) is 0 Å². The van der Waals surface area contributed by atoms with Gasteiger partial charge in [0, 0.05) is 5.56 Å². The molecule has 0 spiro atoms. The second kappa shape index (κ2) is 4.50. The molecule has 0 amide bonds. The monoisotopic (exact) mass is 241 g/mol. The van der Waals surface area contributed by atoms with Crippen LogP contribution in [0.3, 0.4) is 0 Å². The molecule has 0 radical (unpaired) electrons. The predicted molar refractivity (Wildman–Crippen MR) is 66.8 cm³/mol. The highest BCUT2D eigenvalue weighted by Crippen LogP contribution is 2.23. The molecule has 1 N–H and O–H groups in total. The molecule has 1 aliphatic rings. The summed E-state index contributed by atoms with van der Waals surface area (Å²) < 4.78 is 5.23. The standard InChI is InChI=1S/C14H11NO3/c16-14-12(9-11-7-4-8-17-11)13(15-18-14)10-5-2-1-3-6-10/h1-9,14,16H/b12-9-. The fourth-order valence-corrected chi connectivity index (χ4v) is 1.81. The third-order valence-electron chi connectivity index (χ3n) is 2.67. The van der Waals surface area contributed by atoms with E-state index in [1.54, 1.807) is 24.5 Å². The summed E-state index contributed by atoms with van der Waals surface area (Å²) in [4.78, 5) is 4.91. The molecule has 18 heavy (non-hydrogen) atoms. The molecule has 1 aromatic heterocycles. The lowest BCUT2D eigenvalue weighted by molar-refractivity contribution is -0.0543. The van der Waals surface area contributed by atoms with Crippen molar-refractivity contribution in [2.24, 2.45) is 5.16 Å². The molecule has 1 unspecified atom stereocenters. The normalized spacial score (nSPS) is 20.8. The average Bonchev–Trinajstić information content (AvgIpc) is 3.03. The van der Waals surface area contributed by atoms with Crippen molar-refractivity contribution < 1.29 is 14.4 Å². The summed E-state index contributed by atoms with van der Waals surface area (Å²) in [5, 5.41) is 13.7. The van der Waals surface area contributed by atoms with Crippen LogP contribution in [0.1, 0.15) is 11.3 Å². The second-order valence-electron chi connectivity index (χ2n) is 3.88. The largest absolute Gasteiger partial charge is 0.465 e. The molecule has 4 heteroatoms. The minimum atomic E-state index is -1.05. The van der Waals surface area contributed by atoms with E-state index in [9.17, 15) is 5.11 Å². The number of hydrogen-bond donors (Lipinski definition) is 1. The summed E-state index contributed by atoms with van der Waals surface area (Å²) in [7, 11) is 0. The highest BCUT2D eigenvalue weighted by molar-refractivity contribution is 6.15. The van der Waals surface area contributed by atoms with Gasteiger partial charge in [-0.2, -0.15) is 0 Å². The molecule has 90 valence electrons. The van der Waals surface area contributed by atoms with E-state index in [2.05, 4.69) is 5.16 Å². The average molecular weight is 241 g/mol. The minimum absolute atomic E-state index is 0.594. The van der Waals surface area contributed by atoms with Crippen molar-refractivity contribution in [2.45, 2.75) is 6.29 Å². The molecule has 3 rings (SSSR count). The van der Waals surface area contributed by atoms with Crippen LogP contribution in [0.5, 0.6) is 0 Å². The Morgan fingerprint density at radius 1 is 1.11 bits per heavy atom. The van der Waals surface area contributed by atoms with Gasteiger partial charge in [-0.15, -0.1) is 0 Å². The summed E-state index contributed by atoms with van der Waals surface area (Å²) in [6, 6.07) is 13.2. The van der Waals surface area contributed by atoms with Gasteiger partial charge in [0.1, 0.15) is 11.5 Å². The van der Waals surface area contributed by atoms with Crippen LogP contribution in [0.4, 0.5) is 0 Å². The van der Waals surface area contributed by atoms with E-state index >= 15 is 0 Å². The number of rotatable bonds is 2. The molecule has 1 atom stereocenters. The maximum atomic E-state index is 9.77. The molecule has 0 saturated heterocycles. The lowest BCUT2D eigenvalue weighted by Crippen LogP contribution is -2.11. The van der Waals surface area contributed by atoms with Crippen molar-refractivity contribution in [3.05, 3.63) is 65.6 Å². The van der Waals surface area contributed by atoms with Crippen molar-refractivity contribution >= 4 is 11.8 Å². The Morgan fingerprint density at radius 3 is 2.67 bits per heavy atom. The third kappa shape index (κ3) is 1.94. The summed E-state index contributed by atoms with van der Waals surface area (Å²) in [5.41, 5.74) is 2.11. The van der Waals surface area contributed by atoms with E-state index in [1.165, 1.54) is 0 Å². The Hall–Kier alpha value is -2.33. The van der Waals surface area contributed by atoms with Gasteiger partial charge in [0.15, 0.2) is 0 Å². The molecule has 0 bridgehead atoms. The van der Waals surface area contributed by atoms with Crippen LogP contribution < -0.4 is 0 Å². The van der Waals surface area contributed by atoms with Crippen LogP contribution in [0.2, 0.25) is 0 Å². The first kappa shape index (κ1) is 10.8. The maximum Gasteiger partial charge on any atom is 0.253 e. The van der Waals surface area contributed by atoms with E-state index in [4.69, 9.17) is 9.25 Å². The maximum absolute atomic E-state index is 9.77. The molecule has 0 fully saturated rings. The number of aliphatic hydroxyl groups is 1. The van der Waals surface area contributed by atoms with E-state index in [0.29, 0.717) is 17.0 Å². The van der Waals surface area contributed by atoms with Crippen molar-refractivity contribution in [2.75, 3.05) is 0 Å². The van der Waals surface area contributed by atoms with Gasteiger partial charge in [-0.1, -0.05) is 35.5 Å². The number of furan rings is 1. The number of hydrogen-bond acceptors (Lipinski definition) is 4. The van der Waals surface area contributed by atoms with Gasteiger partial charge >= 0.3 is 0 Å². The lowest BCUT2D eigenvalue weighted by Gasteiger charge is -2.04. The fraction of sp³-hybridized carbons (Fsp3) is 0.0714. The van der Waals surface area contributed by atoms with E-state index in [-0.39, 0.29) is 0 Å². The van der Waals surface area contributed by atoms with Gasteiger partial charge in [-0.3, -0.25) is 0 Å². The molecule has 1 aliphatic heterocycles. The summed E-state index contributed by atoms with van der Waals surface area (Å²) in [6.45, 7) is 0. The third-order valence-corrected chi connectivity index (χ3v) is 2.67. The molecule has 2 aromatic rings. The SMILES string of the molecule is OC1ON=C(c2ccccc2)/C1=C/c1ccco1. The molecule has 0 aliphatic carbocycles. The number of nitrogens with zero attached hydrogens (tertiary/aromatic N) is 1. The van der Waals surface area contributed by atoms with Crippen LogP contribution in [-0.4, -0.2) is 17.1 Å². The number of aliphatic hydroxyl groups excluding tert-OH is 1. The zero-order valence-corrected chi connectivity index (χ0v) is 9.48. The van der Waals surface area contributed by atoms with Gasteiger partial charge in [0.2, 0.25) is 0 Å². The quantitative estimate of drug-likeness (QED) is 0.878. The van der Waals surface area contributed by atoms with Crippen molar-refractivity contribution in [3.63, 3.8) is 0 Å². The van der Waals surface area contributed by atoms with Gasteiger partial charge in [-0.05, 0) is 18.2 Å². The summed E-state index contributed by atoms with van der Waals surface area (Å²) in [6.07, 6.45) is 2.25. The first-order chi connectivity index (χ1) is 8.84. The van der Waals surface area contributed by atoms with Gasteiger partial charge in [0.25, 0.3) is 6.29 Å². The topological polar surface area (TPSA) is 55.0 Å². The van der Waals surface area contributed by atoms with Crippen LogP contribution >= 0.6 is 0 Å². The number of oxime groups is 1. The van der Waals surface area contributed by atoms with Crippen molar-refractivity contribution in [1.29, 1.82) is 0 Å². The first-order valence-corrected chi connectivity index (χ1v) is 5.57. The highest BCUT2D eigenvalue weighted by atomic mass is 16.7. The summed E-state index contributed by atoms with van der Waals surface area (Å²) >= 11 is 0. The van der Waals surface area contributed by atoms with E-state index in [0.717, 1.165) is 5.56 Å². The molecular weight excluding hydrogens is 230 g/mol. The Balaban J connectivity index is 2.00. The van der Waals surface area contributed by atoms with Crippen LogP contribution in [0.25, 0.3) is 6.08 Å². The Morgan fingerprint density at radius 2 is 1.94 bits per heavy atom. The van der Waals surface area contributed by atoms with E-state index < -0.39 is 6.29 Å². The zero-order chi connectivity index (χ0) is 12.4. The Labute approximate surface area is 104 Å². The smallest absolute Gasteiger partial charge is 0.253 e. The van der Waals surface area contributed by atoms with Crippen LogP contribution in [0.15, 0.2) is 63.9 Å². The lowest BCUT2D eigenvalue weighted by atomic mass is 10.0. The molecule has 1 aromatic carbocycles. The zero-order valence-electron chi connectivity index (χ0n) is 9.48. The molecular formula is C14H11NO3. The molecule has 4 nitrogen and oxygen atoms in total. The van der Waals surface area contributed by atoms with Crippen LogP contribution in [-0.2, 0) is 4.84 Å². The minimum Gasteiger partial charge on any atom is -0.465 e. The first-order valence-electron chi connectivity index (χ1n) is 5.57. The number of benzene rings is 1. The van der Waals surface area contributed by atoms with E-state index in [1.807, 2.05) is 30.3 Å². The van der Waals surface area contributed by atoms with Crippen molar-refractivity contribution in [1.82, 2.24) is 0 Å². The van der Waals surface area contributed by atoms with Crippen molar-refractivity contribution in [3.8, 4) is 0 Å². The fourth-order valence-electron chi connectivity index (χ4n) is 1.81. The summed E-state index contributed by atoms with van der Waals surface area (Å²) in [5.74, 6) is 0.651. The Bertz CT molecular complexity index is 585. The molecule has 0 saturated carbocycles. The molecule has 2 heterocycles. The predicted octanol–water partition coefficient (Wildman–Crippen LogP) is 2.42.